The minimum Gasteiger partial charge on any atom is -0.493 e. The normalized spacial score (nSPS) is 15.9. The van der Waals surface area contributed by atoms with Crippen LogP contribution in [0, 0.1) is 5.92 Å². The van der Waals surface area contributed by atoms with Crippen molar-refractivity contribution in [3.8, 4) is 11.5 Å². The van der Waals surface area contributed by atoms with E-state index in [1.807, 2.05) is 19.1 Å². The van der Waals surface area contributed by atoms with Crippen LogP contribution >= 0.6 is 0 Å². The number of hydrazone groups is 1. The Labute approximate surface area is 191 Å². The van der Waals surface area contributed by atoms with Crippen LogP contribution in [0.3, 0.4) is 0 Å². The molecule has 0 aliphatic carbocycles. The number of benzene rings is 2. The van der Waals surface area contributed by atoms with Crippen LogP contribution in [0.1, 0.15) is 44.2 Å². The van der Waals surface area contributed by atoms with Gasteiger partial charge in [0.1, 0.15) is 0 Å². The summed E-state index contributed by atoms with van der Waals surface area (Å²) < 4.78 is 35.4. The summed E-state index contributed by atoms with van der Waals surface area (Å²) >= 11 is 0. The molecule has 1 heterocycles. The number of alkyl halides is 2. The van der Waals surface area contributed by atoms with Gasteiger partial charge in [0.2, 0.25) is 11.8 Å². The predicted molar refractivity (Wildman–Crippen MR) is 120 cm³/mol. The van der Waals surface area contributed by atoms with Crippen molar-refractivity contribution in [2.45, 2.75) is 46.3 Å². The molecule has 1 aliphatic heterocycles. The molecule has 0 bridgehead atoms. The average Bonchev–Trinajstić information content (AvgIpc) is 2.80. The first-order chi connectivity index (χ1) is 15.8. The molecule has 1 aliphatic rings. The summed E-state index contributed by atoms with van der Waals surface area (Å²) in [4.78, 5) is 24.3. The summed E-state index contributed by atoms with van der Waals surface area (Å²) in [6.07, 6.45) is 1.31. The van der Waals surface area contributed by atoms with Gasteiger partial charge in [0.05, 0.1) is 19.4 Å². The second kappa shape index (κ2) is 10.9. The molecule has 2 amide bonds. The molecule has 2 aromatic rings. The van der Waals surface area contributed by atoms with E-state index in [4.69, 9.17) is 4.74 Å². The van der Waals surface area contributed by atoms with Crippen molar-refractivity contribution < 1.29 is 27.8 Å². The minimum atomic E-state index is -2.99. The molecule has 0 saturated carbocycles. The molecular formula is C24H27F2N3O4. The number of methoxy groups -OCH3 is 1. The molecule has 7 nitrogen and oxygen atoms in total. The maximum atomic E-state index is 12.8. The van der Waals surface area contributed by atoms with Crippen molar-refractivity contribution in [2.24, 2.45) is 11.0 Å². The number of anilines is 1. The molecule has 1 N–H and O–H groups in total. The van der Waals surface area contributed by atoms with E-state index in [0.29, 0.717) is 29.8 Å². The smallest absolute Gasteiger partial charge is 0.387 e. The lowest BCUT2D eigenvalue weighted by atomic mass is 9.89. The number of hydrogen-bond acceptors (Lipinski definition) is 5. The maximum absolute atomic E-state index is 12.8. The Morgan fingerprint density at radius 2 is 1.91 bits per heavy atom. The number of rotatable bonds is 9. The van der Waals surface area contributed by atoms with Crippen molar-refractivity contribution in [2.75, 3.05) is 12.4 Å². The lowest BCUT2D eigenvalue weighted by molar-refractivity contribution is -0.133. The number of amides is 2. The van der Waals surface area contributed by atoms with E-state index >= 15 is 0 Å². The first-order valence-corrected chi connectivity index (χ1v) is 10.7. The molecule has 0 saturated heterocycles. The molecule has 33 heavy (non-hydrogen) atoms. The molecule has 1 atom stereocenters. The van der Waals surface area contributed by atoms with Crippen molar-refractivity contribution in [3.05, 3.63) is 53.6 Å². The predicted octanol–water partition coefficient (Wildman–Crippen LogP) is 4.81. The average molecular weight is 459 g/mol. The van der Waals surface area contributed by atoms with Crippen LogP contribution in [0.15, 0.2) is 47.6 Å². The molecule has 2 aromatic carbocycles. The Bertz CT molecular complexity index is 1020. The lowest BCUT2D eigenvalue weighted by Gasteiger charge is -2.29. The third kappa shape index (κ3) is 6.06. The van der Waals surface area contributed by atoms with Crippen molar-refractivity contribution >= 4 is 23.2 Å². The molecular weight excluding hydrogens is 432 g/mol. The highest BCUT2D eigenvalue weighted by atomic mass is 19.3. The van der Waals surface area contributed by atoms with Gasteiger partial charge in [-0.2, -0.15) is 13.9 Å². The van der Waals surface area contributed by atoms with Crippen LogP contribution in [-0.2, 0) is 16.1 Å². The lowest BCUT2D eigenvalue weighted by Crippen LogP contribution is -2.36. The second-order valence-electron chi connectivity index (χ2n) is 7.59. The van der Waals surface area contributed by atoms with Crippen LogP contribution in [0.5, 0.6) is 11.5 Å². The van der Waals surface area contributed by atoms with E-state index in [-0.39, 0.29) is 42.2 Å². The summed E-state index contributed by atoms with van der Waals surface area (Å²) in [5.41, 5.74) is 2.74. The van der Waals surface area contributed by atoms with Gasteiger partial charge in [0, 0.05) is 30.0 Å². The Hall–Kier alpha value is -3.49. The highest BCUT2D eigenvalue weighted by molar-refractivity contribution is 6.06. The van der Waals surface area contributed by atoms with Gasteiger partial charge in [0.15, 0.2) is 11.5 Å². The van der Waals surface area contributed by atoms with E-state index in [1.165, 1.54) is 18.2 Å². The number of carbonyl (C=O) groups excluding carboxylic acids is 2. The van der Waals surface area contributed by atoms with Crippen molar-refractivity contribution in [3.63, 3.8) is 0 Å². The fourth-order valence-electron chi connectivity index (χ4n) is 3.57. The number of carbonyl (C=O) groups is 2. The Morgan fingerprint density at radius 1 is 1.18 bits per heavy atom. The van der Waals surface area contributed by atoms with Crippen molar-refractivity contribution in [1.29, 1.82) is 0 Å². The number of hydrogen-bond donors (Lipinski definition) is 1. The molecule has 1 unspecified atom stereocenters. The number of nitrogens with one attached hydrogen (secondary N) is 1. The Kier molecular flexibility index (Phi) is 7.97. The topological polar surface area (TPSA) is 80.2 Å². The zero-order valence-corrected chi connectivity index (χ0v) is 18.8. The van der Waals surface area contributed by atoms with Gasteiger partial charge in [0.25, 0.3) is 0 Å². The third-order valence-electron chi connectivity index (χ3n) is 5.38. The van der Waals surface area contributed by atoms with Crippen LogP contribution in [-0.4, -0.2) is 36.3 Å². The molecule has 0 fully saturated rings. The van der Waals surface area contributed by atoms with Gasteiger partial charge in [-0.05, 0) is 42.3 Å². The van der Waals surface area contributed by atoms with Gasteiger partial charge in [-0.1, -0.05) is 26.0 Å². The van der Waals surface area contributed by atoms with Crippen LogP contribution in [0.2, 0.25) is 0 Å². The first-order valence-electron chi connectivity index (χ1n) is 10.7. The van der Waals surface area contributed by atoms with Crippen LogP contribution in [0.4, 0.5) is 14.5 Å². The van der Waals surface area contributed by atoms with Crippen LogP contribution < -0.4 is 14.8 Å². The van der Waals surface area contributed by atoms with E-state index in [1.54, 1.807) is 31.2 Å². The van der Waals surface area contributed by atoms with E-state index in [0.717, 1.165) is 5.56 Å². The summed E-state index contributed by atoms with van der Waals surface area (Å²) in [5, 5.41) is 8.75. The number of halogens is 2. The monoisotopic (exact) mass is 459 g/mol. The zero-order valence-electron chi connectivity index (χ0n) is 18.8. The molecule has 3 rings (SSSR count). The molecule has 0 aromatic heterocycles. The highest BCUT2D eigenvalue weighted by Gasteiger charge is 2.30. The minimum absolute atomic E-state index is 0.0801. The largest absolute Gasteiger partial charge is 0.493 e. The van der Waals surface area contributed by atoms with Gasteiger partial charge >= 0.3 is 6.61 Å². The summed E-state index contributed by atoms with van der Waals surface area (Å²) in [5.74, 6) is -0.245. The summed E-state index contributed by atoms with van der Waals surface area (Å²) in [7, 11) is 1.37. The maximum Gasteiger partial charge on any atom is 0.387 e. The number of ether oxygens (including phenoxy) is 2. The molecule has 9 heteroatoms. The Morgan fingerprint density at radius 3 is 2.52 bits per heavy atom. The fourth-order valence-corrected chi connectivity index (χ4v) is 3.57. The van der Waals surface area contributed by atoms with Gasteiger partial charge < -0.3 is 14.8 Å². The zero-order chi connectivity index (χ0) is 24.0. The van der Waals surface area contributed by atoms with E-state index < -0.39 is 6.61 Å². The number of nitrogens with zero attached hydrogens (tertiary/aromatic N) is 2. The second-order valence-corrected chi connectivity index (χ2v) is 7.59. The Balaban J connectivity index is 1.87. The highest BCUT2D eigenvalue weighted by Crippen LogP contribution is 2.33. The van der Waals surface area contributed by atoms with E-state index in [2.05, 4.69) is 15.2 Å². The van der Waals surface area contributed by atoms with Crippen LogP contribution in [0.25, 0.3) is 0 Å². The molecule has 0 spiro atoms. The quantitative estimate of drug-likeness (QED) is 0.584. The van der Waals surface area contributed by atoms with Gasteiger partial charge in [-0.3, -0.25) is 9.59 Å². The van der Waals surface area contributed by atoms with Gasteiger partial charge in [-0.15, -0.1) is 0 Å². The third-order valence-corrected chi connectivity index (χ3v) is 5.38. The SMILES string of the molecule is CCC(=O)Nc1ccc(CN2N=C(c3ccc(OC)c(OC(F)F)c3)C(CC)CC2=O)cc1. The molecule has 176 valence electrons. The molecule has 0 radical (unpaired) electrons. The van der Waals surface area contributed by atoms with Crippen molar-refractivity contribution in [1.82, 2.24) is 5.01 Å². The van der Waals surface area contributed by atoms with Gasteiger partial charge in [-0.25, -0.2) is 5.01 Å². The fraction of sp³-hybridized carbons (Fsp3) is 0.375. The summed E-state index contributed by atoms with van der Waals surface area (Å²) in [6, 6.07) is 11.9. The first kappa shape index (κ1) is 24.2. The summed E-state index contributed by atoms with van der Waals surface area (Å²) in [6.45, 7) is 0.979. The standard InChI is InChI=1S/C24H27F2N3O4/c1-4-16-13-22(31)29(14-15-6-9-18(10-7-15)27-21(30)5-2)28-23(16)17-8-11-19(32-3)20(12-17)33-24(25)26/h6-12,16,24H,4-5,13-14H2,1-3H3,(H,27,30). The van der Waals surface area contributed by atoms with E-state index in [9.17, 15) is 18.4 Å².